The van der Waals surface area contributed by atoms with Gasteiger partial charge in [0.2, 0.25) is 5.91 Å². The Hall–Kier alpha value is -2.67. The zero-order valence-corrected chi connectivity index (χ0v) is 19.0. The van der Waals surface area contributed by atoms with Crippen molar-refractivity contribution >= 4 is 21.7 Å². The highest BCUT2D eigenvalue weighted by Crippen LogP contribution is 2.29. The van der Waals surface area contributed by atoms with Gasteiger partial charge in [-0.15, -0.1) is 0 Å². The van der Waals surface area contributed by atoms with E-state index in [0.29, 0.717) is 31.0 Å². The van der Waals surface area contributed by atoms with Gasteiger partial charge in [-0.3, -0.25) is 9.59 Å². The highest BCUT2D eigenvalue weighted by atomic mass is 32.2. The van der Waals surface area contributed by atoms with Gasteiger partial charge in [0.1, 0.15) is 5.75 Å². The van der Waals surface area contributed by atoms with E-state index in [-0.39, 0.29) is 23.6 Å². The van der Waals surface area contributed by atoms with Gasteiger partial charge in [-0.25, -0.2) is 8.42 Å². The van der Waals surface area contributed by atoms with E-state index >= 15 is 0 Å². The molecule has 2 aliphatic rings. The number of amides is 2. The van der Waals surface area contributed by atoms with Gasteiger partial charge in [-0.05, 0) is 61.8 Å². The molecule has 7 heteroatoms. The Morgan fingerprint density at radius 2 is 1.59 bits per heavy atom. The van der Waals surface area contributed by atoms with Crippen LogP contribution in [0, 0.1) is 0 Å². The molecule has 0 spiro atoms. The van der Waals surface area contributed by atoms with Crippen LogP contribution >= 0.6 is 0 Å². The summed E-state index contributed by atoms with van der Waals surface area (Å²) in [6.07, 6.45) is 5.08. The second-order valence-electron chi connectivity index (χ2n) is 8.88. The van der Waals surface area contributed by atoms with E-state index in [1.165, 1.54) is 0 Å². The Bertz CT molecular complexity index is 1040. The number of nitrogens with zero attached hydrogens (tertiary/aromatic N) is 1. The van der Waals surface area contributed by atoms with E-state index in [9.17, 15) is 18.0 Å². The van der Waals surface area contributed by atoms with Crippen LogP contribution in [0.3, 0.4) is 0 Å². The number of aryl methyl sites for hydroxylation is 1. The Kier molecular flexibility index (Phi) is 6.94. The van der Waals surface area contributed by atoms with E-state index in [2.05, 4.69) is 5.32 Å². The molecule has 0 saturated heterocycles. The fourth-order valence-corrected chi connectivity index (χ4v) is 5.02. The number of carbonyl (C=O) groups excluding carboxylic acids is 2. The molecule has 2 aliphatic carbocycles. The minimum absolute atomic E-state index is 0.0109. The summed E-state index contributed by atoms with van der Waals surface area (Å²) in [5.41, 5.74) is 2.60. The van der Waals surface area contributed by atoms with Crippen molar-refractivity contribution in [2.75, 3.05) is 11.5 Å². The van der Waals surface area contributed by atoms with Crippen LogP contribution in [0.1, 0.15) is 53.6 Å². The van der Waals surface area contributed by atoms with E-state index in [1.807, 2.05) is 42.5 Å². The predicted octanol–water partition coefficient (Wildman–Crippen LogP) is 3.12. The fourth-order valence-electron chi connectivity index (χ4n) is 3.75. The topological polar surface area (TPSA) is 83.6 Å². The Morgan fingerprint density at radius 1 is 0.906 bits per heavy atom. The number of nitrogens with one attached hydrogen (secondary N) is 1. The molecule has 2 fully saturated rings. The van der Waals surface area contributed by atoms with Crippen LogP contribution in [-0.4, -0.2) is 48.7 Å². The lowest BCUT2D eigenvalue weighted by atomic mass is 10.1. The zero-order chi connectivity index (χ0) is 22.6. The first-order valence-corrected chi connectivity index (χ1v) is 13.2. The molecule has 2 aromatic carbocycles. The minimum Gasteiger partial charge on any atom is -0.349 e. The van der Waals surface area contributed by atoms with Crippen molar-refractivity contribution in [1.82, 2.24) is 10.2 Å². The molecule has 0 bridgehead atoms. The zero-order valence-electron chi connectivity index (χ0n) is 18.2. The number of benzene rings is 2. The lowest BCUT2D eigenvalue weighted by Crippen LogP contribution is -2.37. The summed E-state index contributed by atoms with van der Waals surface area (Å²) in [6.45, 7) is 0.369. The third-order valence-corrected chi connectivity index (χ3v) is 7.49. The van der Waals surface area contributed by atoms with Crippen LogP contribution in [0.4, 0.5) is 0 Å². The Balaban J connectivity index is 1.30. The van der Waals surface area contributed by atoms with Gasteiger partial charge in [0.05, 0.1) is 5.75 Å². The quantitative estimate of drug-likeness (QED) is 0.566. The number of carbonyl (C=O) groups is 2. The molecule has 0 atom stereocenters. The van der Waals surface area contributed by atoms with Crippen LogP contribution in [0.25, 0.3) is 0 Å². The number of sulfone groups is 1. The smallest absolute Gasteiger partial charge is 0.251 e. The standard InChI is InChI=1S/C25H30N2O4S/c28-24(18-32(30,31)16-4-7-19-5-2-1-3-6-19)27(23-14-15-23)17-20-8-10-21(11-9-20)25(29)26-22-12-13-22/h1-3,5-6,8-11,22-23H,4,7,12-18H2,(H,26,29). The number of rotatable bonds is 11. The maximum Gasteiger partial charge on any atom is 0.251 e. The lowest BCUT2D eigenvalue weighted by molar-refractivity contribution is -0.129. The first-order chi connectivity index (χ1) is 15.4. The molecule has 0 aromatic heterocycles. The first-order valence-electron chi connectivity index (χ1n) is 11.3. The van der Waals surface area contributed by atoms with Crippen LogP contribution in [0.15, 0.2) is 54.6 Å². The summed E-state index contributed by atoms with van der Waals surface area (Å²) in [4.78, 5) is 26.7. The maximum atomic E-state index is 12.9. The lowest BCUT2D eigenvalue weighted by Gasteiger charge is -2.23. The van der Waals surface area contributed by atoms with Crippen LogP contribution in [-0.2, 0) is 27.6 Å². The van der Waals surface area contributed by atoms with Crippen LogP contribution in [0.5, 0.6) is 0 Å². The average Bonchev–Trinajstić information content (AvgIpc) is 3.68. The van der Waals surface area contributed by atoms with Crippen molar-refractivity contribution in [3.8, 4) is 0 Å². The second-order valence-corrected chi connectivity index (χ2v) is 11.1. The van der Waals surface area contributed by atoms with Gasteiger partial charge in [-0.1, -0.05) is 42.5 Å². The van der Waals surface area contributed by atoms with Gasteiger partial charge in [-0.2, -0.15) is 0 Å². The minimum atomic E-state index is -3.46. The first kappa shape index (κ1) is 22.5. The molecule has 0 heterocycles. The molecule has 6 nitrogen and oxygen atoms in total. The molecule has 0 radical (unpaired) electrons. The van der Waals surface area contributed by atoms with Gasteiger partial charge in [0, 0.05) is 24.2 Å². The molecule has 2 saturated carbocycles. The van der Waals surface area contributed by atoms with E-state index < -0.39 is 15.6 Å². The molecule has 2 amide bonds. The third-order valence-electron chi connectivity index (χ3n) is 5.90. The molecule has 4 rings (SSSR count). The van der Waals surface area contributed by atoms with Crippen molar-refractivity contribution in [3.05, 3.63) is 71.3 Å². The average molecular weight is 455 g/mol. The Labute approximate surface area is 189 Å². The van der Waals surface area contributed by atoms with E-state index in [0.717, 1.165) is 36.8 Å². The largest absolute Gasteiger partial charge is 0.349 e. The number of hydrogen-bond acceptors (Lipinski definition) is 4. The van der Waals surface area contributed by atoms with Crippen molar-refractivity contribution in [1.29, 1.82) is 0 Å². The highest BCUT2D eigenvalue weighted by Gasteiger charge is 2.34. The second kappa shape index (κ2) is 9.86. The molecular formula is C25H30N2O4S. The molecule has 32 heavy (non-hydrogen) atoms. The molecule has 0 aliphatic heterocycles. The van der Waals surface area contributed by atoms with Gasteiger partial charge >= 0.3 is 0 Å². The SMILES string of the molecule is O=C(NC1CC1)c1ccc(CN(C(=O)CS(=O)(=O)CCCc2ccccc2)C2CC2)cc1. The maximum absolute atomic E-state index is 12.9. The molecule has 0 unspecified atom stereocenters. The summed E-state index contributed by atoms with van der Waals surface area (Å²) in [6, 6.07) is 17.4. The van der Waals surface area contributed by atoms with Gasteiger partial charge in [0.25, 0.3) is 5.91 Å². The summed E-state index contributed by atoms with van der Waals surface area (Å²) in [5.74, 6) is -0.838. The third kappa shape index (κ3) is 6.66. The molecule has 2 aromatic rings. The predicted molar refractivity (Wildman–Crippen MR) is 124 cm³/mol. The van der Waals surface area contributed by atoms with E-state index in [1.54, 1.807) is 17.0 Å². The molecular weight excluding hydrogens is 424 g/mol. The van der Waals surface area contributed by atoms with Crippen LogP contribution in [0.2, 0.25) is 0 Å². The number of hydrogen-bond donors (Lipinski definition) is 1. The summed E-state index contributed by atoms with van der Waals surface area (Å²) in [7, 11) is -3.46. The summed E-state index contributed by atoms with van der Waals surface area (Å²) >= 11 is 0. The van der Waals surface area contributed by atoms with Gasteiger partial charge < -0.3 is 10.2 Å². The van der Waals surface area contributed by atoms with Crippen LogP contribution < -0.4 is 5.32 Å². The van der Waals surface area contributed by atoms with Crippen molar-refractivity contribution in [2.24, 2.45) is 0 Å². The summed E-state index contributed by atoms with van der Waals surface area (Å²) < 4.78 is 25.1. The normalized spacial score (nSPS) is 15.9. The molecule has 170 valence electrons. The van der Waals surface area contributed by atoms with Gasteiger partial charge in [0.15, 0.2) is 9.84 Å². The van der Waals surface area contributed by atoms with Crippen molar-refractivity contribution < 1.29 is 18.0 Å². The Morgan fingerprint density at radius 3 is 2.22 bits per heavy atom. The van der Waals surface area contributed by atoms with Crippen molar-refractivity contribution in [2.45, 2.75) is 57.2 Å². The monoisotopic (exact) mass is 454 g/mol. The summed E-state index contributed by atoms with van der Waals surface area (Å²) in [5, 5.41) is 2.96. The molecule has 1 N–H and O–H groups in total. The van der Waals surface area contributed by atoms with E-state index in [4.69, 9.17) is 0 Å². The fraction of sp³-hybridized carbons (Fsp3) is 0.440. The van der Waals surface area contributed by atoms with Crippen molar-refractivity contribution in [3.63, 3.8) is 0 Å². The highest BCUT2D eigenvalue weighted by molar-refractivity contribution is 7.92.